The lowest BCUT2D eigenvalue weighted by atomic mass is 10.1. The van der Waals surface area contributed by atoms with E-state index in [1.165, 1.54) is 17.0 Å². The monoisotopic (exact) mass is 597 g/mol. The van der Waals surface area contributed by atoms with Gasteiger partial charge >= 0.3 is 0 Å². The van der Waals surface area contributed by atoms with Crippen molar-refractivity contribution in [2.24, 2.45) is 0 Å². The molecule has 41 heavy (non-hydrogen) atoms. The number of benzene rings is 3. The molecule has 0 saturated carbocycles. The van der Waals surface area contributed by atoms with Crippen LogP contribution >= 0.6 is 11.6 Å². The summed E-state index contributed by atoms with van der Waals surface area (Å²) in [7, 11) is -4.15. The number of hydrogen-bond donors (Lipinski definition) is 1. The smallest absolute Gasteiger partial charge is 0.264 e. The average molecular weight is 598 g/mol. The first kappa shape index (κ1) is 32.2. The van der Waals surface area contributed by atoms with Crippen molar-refractivity contribution >= 4 is 39.1 Å². The van der Waals surface area contributed by atoms with Gasteiger partial charge in [0.05, 0.1) is 10.6 Å². The van der Waals surface area contributed by atoms with Crippen molar-refractivity contribution in [3.05, 3.63) is 94.5 Å². The summed E-state index contributed by atoms with van der Waals surface area (Å²) < 4.78 is 29.2. The van der Waals surface area contributed by atoms with Gasteiger partial charge in [-0.1, -0.05) is 79.5 Å². The van der Waals surface area contributed by atoms with Crippen LogP contribution in [0.1, 0.15) is 50.3 Å². The van der Waals surface area contributed by atoms with Gasteiger partial charge in [-0.25, -0.2) is 8.42 Å². The van der Waals surface area contributed by atoms with E-state index in [1.54, 1.807) is 37.3 Å². The van der Waals surface area contributed by atoms with Gasteiger partial charge in [0.1, 0.15) is 12.6 Å². The lowest BCUT2D eigenvalue weighted by Gasteiger charge is -2.34. The van der Waals surface area contributed by atoms with Crippen molar-refractivity contribution in [3.63, 3.8) is 0 Å². The van der Waals surface area contributed by atoms with Crippen LogP contribution in [0.4, 0.5) is 5.69 Å². The molecule has 1 N–H and O–H groups in total. The summed E-state index contributed by atoms with van der Waals surface area (Å²) in [6.07, 6.45) is 1.64. The molecule has 3 rings (SSSR count). The van der Waals surface area contributed by atoms with Crippen LogP contribution in [0.5, 0.6) is 0 Å². The van der Waals surface area contributed by atoms with Crippen molar-refractivity contribution in [1.29, 1.82) is 0 Å². The largest absolute Gasteiger partial charge is 0.352 e. The van der Waals surface area contributed by atoms with E-state index >= 15 is 0 Å². The minimum atomic E-state index is -4.15. The topological polar surface area (TPSA) is 86.8 Å². The molecule has 0 aliphatic rings. The van der Waals surface area contributed by atoms with E-state index in [4.69, 9.17) is 11.6 Å². The Kier molecular flexibility index (Phi) is 11.4. The molecule has 9 heteroatoms. The highest BCUT2D eigenvalue weighted by atomic mass is 35.5. The van der Waals surface area contributed by atoms with Gasteiger partial charge in [0, 0.05) is 17.6 Å². The molecule has 0 saturated heterocycles. The van der Waals surface area contributed by atoms with Crippen LogP contribution in [-0.4, -0.2) is 50.3 Å². The Morgan fingerprint density at radius 3 is 2.17 bits per heavy atom. The third-order valence-electron chi connectivity index (χ3n) is 7.27. The molecular weight excluding hydrogens is 558 g/mol. The first-order chi connectivity index (χ1) is 19.5. The summed E-state index contributed by atoms with van der Waals surface area (Å²) in [6.45, 7) is 9.11. The fourth-order valence-electron chi connectivity index (χ4n) is 4.55. The van der Waals surface area contributed by atoms with E-state index in [9.17, 15) is 18.0 Å². The Morgan fingerprint density at radius 1 is 0.902 bits per heavy atom. The number of halogens is 1. The zero-order valence-corrected chi connectivity index (χ0v) is 26.0. The van der Waals surface area contributed by atoms with Gasteiger partial charge in [-0.05, 0) is 75.4 Å². The van der Waals surface area contributed by atoms with E-state index in [0.717, 1.165) is 21.9 Å². The molecule has 0 aliphatic heterocycles. The Bertz CT molecular complexity index is 1430. The maximum Gasteiger partial charge on any atom is 0.264 e. The quantitative estimate of drug-likeness (QED) is 0.265. The van der Waals surface area contributed by atoms with Crippen LogP contribution in [0.3, 0.4) is 0 Å². The Balaban J connectivity index is 2.05. The van der Waals surface area contributed by atoms with E-state index in [0.29, 0.717) is 29.1 Å². The maximum absolute atomic E-state index is 14.1. The highest BCUT2D eigenvalue weighted by Gasteiger charge is 2.34. The predicted octanol–water partition coefficient (Wildman–Crippen LogP) is 5.92. The number of hydrogen-bond acceptors (Lipinski definition) is 4. The normalized spacial score (nSPS) is 12.8. The third-order valence-corrected chi connectivity index (χ3v) is 9.45. The average Bonchev–Trinajstić information content (AvgIpc) is 2.96. The summed E-state index contributed by atoms with van der Waals surface area (Å²) in [5.41, 5.74) is 2.77. The molecule has 3 aromatic carbocycles. The van der Waals surface area contributed by atoms with Crippen molar-refractivity contribution < 1.29 is 18.0 Å². The fraction of sp³-hybridized carbons (Fsp3) is 0.375. The van der Waals surface area contributed by atoms with Crippen LogP contribution in [0, 0.1) is 13.8 Å². The molecule has 2 atom stereocenters. The molecule has 2 amide bonds. The third kappa shape index (κ3) is 8.11. The van der Waals surface area contributed by atoms with Crippen molar-refractivity contribution in [2.45, 2.75) is 70.9 Å². The van der Waals surface area contributed by atoms with Gasteiger partial charge in [0.2, 0.25) is 11.8 Å². The van der Waals surface area contributed by atoms with Gasteiger partial charge in [-0.2, -0.15) is 0 Å². The first-order valence-electron chi connectivity index (χ1n) is 14.0. The molecule has 0 fully saturated rings. The Labute approximate surface area is 249 Å². The van der Waals surface area contributed by atoms with Gasteiger partial charge < -0.3 is 10.2 Å². The molecular formula is C32H40ClN3O4S. The van der Waals surface area contributed by atoms with Gasteiger partial charge in [0.25, 0.3) is 10.0 Å². The maximum atomic E-state index is 14.1. The molecule has 0 heterocycles. The second-order valence-corrected chi connectivity index (χ2v) is 12.5. The zero-order chi connectivity index (χ0) is 30.2. The standard InChI is InChI=1S/C32H40ClN3O4S/c1-6-24(4)34-32(38)29(7-2)35(21-20-26-12-9-8-10-13-26)31(37)22-36(30-15-11-14-28(33)25(30)5)41(39,40)27-18-16-23(3)17-19-27/h8-19,24,29H,6-7,20-22H2,1-5H3,(H,34,38)/t24-,29-/m0/s1. The number of carbonyl (C=O) groups is 2. The van der Waals surface area contributed by atoms with Crippen molar-refractivity contribution in [1.82, 2.24) is 10.2 Å². The number of nitrogens with zero attached hydrogens (tertiary/aromatic N) is 2. The first-order valence-corrected chi connectivity index (χ1v) is 15.8. The molecule has 0 spiro atoms. The SMILES string of the molecule is CC[C@H](C)NC(=O)[C@H](CC)N(CCc1ccccc1)C(=O)CN(c1cccc(Cl)c1C)S(=O)(=O)c1ccc(C)cc1. The van der Waals surface area contributed by atoms with E-state index in [-0.39, 0.29) is 23.4 Å². The zero-order valence-electron chi connectivity index (χ0n) is 24.4. The number of amides is 2. The molecule has 0 unspecified atom stereocenters. The summed E-state index contributed by atoms with van der Waals surface area (Å²) in [5, 5.41) is 3.38. The van der Waals surface area contributed by atoms with Crippen molar-refractivity contribution in [2.75, 3.05) is 17.4 Å². The molecule has 0 aliphatic carbocycles. The number of nitrogens with one attached hydrogen (secondary N) is 1. The van der Waals surface area contributed by atoms with Crippen molar-refractivity contribution in [3.8, 4) is 0 Å². The van der Waals surface area contributed by atoms with Gasteiger partial charge in [-0.15, -0.1) is 0 Å². The lowest BCUT2D eigenvalue weighted by Crippen LogP contribution is -2.54. The molecule has 0 radical (unpaired) electrons. The summed E-state index contributed by atoms with van der Waals surface area (Å²) >= 11 is 6.40. The van der Waals surface area contributed by atoms with Crippen LogP contribution < -0.4 is 9.62 Å². The second kappa shape index (κ2) is 14.5. The summed E-state index contributed by atoms with van der Waals surface area (Å²) in [4.78, 5) is 29.1. The number of carbonyl (C=O) groups excluding carboxylic acids is 2. The molecule has 0 aromatic heterocycles. The minimum absolute atomic E-state index is 0.0600. The van der Waals surface area contributed by atoms with Crippen LogP contribution in [0.2, 0.25) is 5.02 Å². The number of sulfonamides is 1. The number of rotatable bonds is 13. The fourth-order valence-corrected chi connectivity index (χ4v) is 6.20. The minimum Gasteiger partial charge on any atom is -0.352 e. The van der Waals surface area contributed by atoms with E-state index < -0.39 is 28.5 Å². The van der Waals surface area contributed by atoms with Gasteiger partial charge in [0.15, 0.2) is 0 Å². The highest BCUT2D eigenvalue weighted by Crippen LogP contribution is 2.31. The van der Waals surface area contributed by atoms with Crippen LogP contribution in [0.15, 0.2) is 77.7 Å². The summed E-state index contributed by atoms with van der Waals surface area (Å²) in [5.74, 6) is -0.725. The highest BCUT2D eigenvalue weighted by molar-refractivity contribution is 7.92. The summed E-state index contributed by atoms with van der Waals surface area (Å²) in [6, 6.07) is 20.4. The van der Waals surface area contributed by atoms with E-state index in [1.807, 2.05) is 58.0 Å². The van der Waals surface area contributed by atoms with Crippen LogP contribution in [0.25, 0.3) is 0 Å². The lowest BCUT2D eigenvalue weighted by molar-refractivity contribution is -0.139. The van der Waals surface area contributed by atoms with E-state index in [2.05, 4.69) is 5.32 Å². The van der Waals surface area contributed by atoms with Crippen LogP contribution in [-0.2, 0) is 26.0 Å². The number of anilines is 1. The Hall–Kier alpha value is -3.36. The number of aryl methyl sites for hydroxylation is 1. The second-order valence-electron chi connectivity index (χ2n) is 10.3. The predicted molar refractivity (Wildman–Crippen MR) is 166 cm³/mol. The molecule has 220 valence electrons. The molecule has 3 aromatic rings. The molecule has 0 bridgehead atoms. The Morgan fingerprint density at radius 2 is 1.56 bits per heavy atom. The van der Waals surface area contributed by atoms with Gasteiger partial charge in [-0.3, -0.25) is 13.9 Å². The molecule has 7 nitrogen and oxygen atoms in total.